The third-order valence-electron chi connectivity index (χ3n) is 2.29. The molecule has 5 nitrogen and oxygen atoms in total. The van der Waals surface area contributed by atoms with Gasteiger partial charge in [-0.05, 0) is 24.6 Å². The van der Waals surface area contributed by atoms with Crippen molar-refractivity contribution in [2.24, 2.45) is 4.99 Å². The van der Waals surface area contributed by atoms with Gasteiger partial charge in [-0.2, -0.15) is 0 Å². The van der Waals surface area contributed by atoms with Crippen LogP contribution in [0, 0.1) is 5.82 Å². The molecule has 20 heavy (non-hydrogen) atoms. The van der Waals surface area contributed by atoms with Gasteiger partial charge in [0.05, 0.1) is 6.54 Å². The molecule has 0 fully saturated rings. The van der Waals surface area contributed by atoms with Crippen molar-refractivity contribution in [1.82, 2.24) is 10.6 Å². The van der Waals surface area contributed by atoms with E-state index in [4.69, 9.17) is 0 Å². The molecule has 0 radical (unpaired) electrons. The first-order valence-electron chi connectivity index (χ1n) is 6.15. The van der Waals surface area contributed by atoms with Gasteiger partial charge in [0.1, 0.15) is 5.82 Å². The van der Waals surface area contributed by atoms with Gasteiger partial charge in [-0.15, -0.1) is 24.0 Å². The molecular weight excluding hydrogens is 374 g/mol. The highest BCUT2D eigenvalue weighted by Crippen LogP contribution is 2.08. The molecule has 0 heterocycles. The van der Waals surface area contributed by atoms with Crippen molar-refractivity contribution >= 4 is 41.5 Å². The summed E-state index contributed by atoms with van der Waals surface area (Å²) < 4.78 is 12.9. The lowest BCUT2D eigenvalue weighted by molar-refractivity contribution is -0.115. The van der Waals surface area contributed by atoms with Crippen LogP contribution in [-0.2, 0) is 4.79 Å². The zero-order valence-electron chi connectivity index (χ0n) is 11.6. The first-order chi connectivity index (χ1) is 9.15. The summed E-state index contributed by atoms with van der Waals surface area (Å²) >= 11 is 0. The average molecular weight is 394 g/mol. The van der Waals surface area contributed by atoms with E-state index < -0.39 is 0 Å². The molecule has 1 aromatic rings. The van der Waals surface area contributed by atoms with Crippen molar-refractivity contribution in [3.05, 3.63) is 30.1 Å². The first-order valence-corrected chi connectivity index (χ1v) is 6.15. The molecule has 1 rings (SSSR count). The Labute approximate surface area is 135 Å². The first kappa shape index (κ1) is 18.6. The van der Waals surface area contributed by atoms with Crippen molar-refractivity contribution < 1.29 is 9.18 Å². The fourth-order valence-electron chi connectivity index (χ4n) is 1.40. The summed E-state index contributed by atoms with van der Waals surface area (Å²) in [4.78, 5) is 15.6. The van der Waals surface area contributed by atoms with Crippen molar-refractivity contribution in [2.75, 3.05) is 25.5 Å². The number of carbonyl (C=O) groups excluding carboxylic acids is 1. The summed E-state index contributed by atoms with van der Waals surface area (Å²) in [6.07, 6.45) is 0.968. The summed E-state index contributed by atoms with van der Waals surface area (Å²) in [5.74, 6) is -0.0764. The minimum Gasteiger partial charge on any atom is -0.356 e. The Balaban J connectivity index is 0.00000361. The maximum Gasteiger partial charge on any atom is 0.243 e. The van der Waals surface area contributed by atoms with Crippen LogP contribution in [0.4, 0.5) is 10.1 Å². The number of anilines is 1. The molecule has 0 saturated carbocycles. The van der Waals surface area contributed by atoms with Gasteiger partial charge in [0.15, 0.2) is 5.96 Å². The Hall–Kier alpha value is -1.38. The molecule has 0 bridgehead atoms. The monoisotopic (exact) mass is 394 g/mol. The second kappa shape index (κ2) is 10.4. The van der Waals surface area contributed by atoms with E-state index in [0.29, 0.717) is 11.6 Å². The van der Waals surface area contributed by atoms with E-state index in [2.05, 4.69) is 20.9 Å². The second-order valence-corrected chi connectivity index (χ2v) is 3.91. The number of carbonyl (C=O) groups is 1. The topological polar surface area (TPSA) is 65.5 Å². The number of hydrogen-bond acceptors (Lipinski definition) is 2. The molecule has 0 aliphatic carbocycles. The molecular formula is C13H20FIN4O. The lowest BCUT2D eigenvalue weighted by atomic mass is 10.3. The largest absolute Gasteiger partial charge is 0.356 e. The Kier molecular flexibility index (Phi) is 9.69. The number of amides is 1. The number of halogens is 2. The van der Waals surface area contributed by atoms with E-state index in [1.54, 1.807) is 19.2 Å². The van der Waals surface area contributed by atoms with Crippen molar-refractivity contribution in [1.29, 1.82) is 0 Å². The minimum atomic E-state index is -0.383. The molecule has 0 aromatic heterocycles. The fourth-order valence-corrected chi connectivity index (χ4v) is 1.40. The standard InChI is InChI=1S/C13H19FN4O.HI/c1-3-7-16-13(15-2)17-9-12(19)18-11-6-4-5-10(14)8-11;/h4-6,8H,3,7,9H2,1-2H3,(H,18,19)(H2,15,16,17);1H. The molecule has 112 valence electrons. The van der Waals surface area contributed by atoms with E-state index in [0.717, 1.165) is 13.0 Å². The third kappa shape index (κ3) is 7.27. The van der Waals surface area contributed by atoms with Crippen LogP contribution in [0.2, 0.25) is 0 Å². The number of guanidine groups is 1. The van der Waals surface area contributed by atoms with Gasteiger partial charge >= 0.3 is 0 Å². The normalized spacial score (nSPS) is 10.4. The Morgan fingerprint density at radius 2 is 2.10 bits per heavy atom. The van der Waals surface area contributed by atoms with Crippen molar-refractivity contribution in [3.63, 3.8) is 0 Å². The molecule has 0 atom stereocenters. The Morgan fingerprint density at radius 3 is 2.70 bits per heavy atom. The second-order valence-electron chi connectivity index (χ2n) is 3.91. The predicted octanol–water partition coefficient (Wildman–Crippen LogP) is 1.96. The Morgan fingerprint density at radius 1 is 1.35 bits per heavy atom. The molecule has 0 unspecified atom stereocenters. The van der Waals surface area contributed by atoms with Crippen molar-refractivity contribution in [3.8, 4) is 0 Å². The van der Waals surface area contributed by atoms with Crippen LogP contribution in [0.3, 0.4) is 0 Å². The number of nitrogens with zero attached hydrogens (tertiary/aromatic N) is 1. The van der Waals surface area contributed by atoms with E-state index in [9.17, 15) is 9.18 Å². The van der Waals surface area contributed by atoms with Crippen LogP contribution >= 0.6 is 24.0 Å². The number of nitrogens with one attached hydrogen (secondary N) is 3. The Bertz CT molecular complexity index is 454. The SMILES string of the molecule is CCCNC(=NC)NCC(=O)Nc1cccc(F)c1.I. The molecule has 7 heteroatoms. The van der Waals surface area contributed by atoms with Crippen LogP contribution in [0.5, 0.6) is 0 Å². The van der Waals surface area contributed by atoms with Crippen LogP contribution < -0.4 is 16.0 Å². The predicted molar refractivity (Wildman–Crippen MR) is 90.1 cm³/mol. The van der Waals surface area contributed by atoms with E-state index in [1.165, 1.54) is 12.1 Å². The lowest BCUT2D eigenvalue weighted by Crippen LogP contribution is -2.41. The van der Waals surface area contributed by atoms with Crippen LogP contribution in [-0.4, -0.2) is 32.0 Å². The van der Waals surface area contributed by atoms with Crippen molar-refractivity contribution in [2.45, 2.75) is 13.3 Å². The van der Waals surface area contributed by atoms with Gasteiger partial charge in [-0.3, -0.25) is 9.79 Å². The van der Waals surface area contributed by atoms with Gasteiger partial charge in [0.2, 0.25) is 5.91 Å². The van der Waals surface area contributed by atoms with Crippen LogP contribution in [0.1, 0.15) is 13.3 Å². The van der Waals surface area contributed by atoms with Crippen LogP contribution in [0.25, 0.3) is 0 Å². The number of aliphatic imine (C=N–C) groups is 1. The molecule has 0 aliphatic heterocycles. The third-order valence-corrected chi connectivity index (χ3v) is 2.29. The summed E-state index contributed by atoms with van der Waals surface area (Å²) in [5.41, 5.74) is 0.434. The molecule has 0 spiro atoms. The minimum absolute atomic E-state index is 0. The molecule has 3 N–H and O–H groups in total. The smallest absolute Gasteiger partial charge is 0.243 e. The van der Waals surface area contributed by atoms with Gasteiger partial charge in [0, 0.05) is 19.3 Å². The zero-order valence-corrected chi connectivity index (χ0v) is 13.9. The summed E-state index contributed by atoms with van der Waals surface area (Å²) in [6.45, 7) is 2.89. The molecule has 1 aromatic carbocycles. The highest BCUT2D eigenvalue weighted by Gasteiger charge is 2.04. The van der Waals surface area contributed by atoms with Gasteiger partial charge in [-0.25, -0.2) is 4.39 Å². The summed E-state index contributed by atoms with van der Waals surface area (Å²) in [6, 6.07) is 5.76. The maximum atomic E-state index is 12.9. The van der Waals surface area contributed by atoms with Gasteiger partial charge < -0.3 is 16.0 Å². The number of benzene rings is 1. The van der Waals surface area contributed by atoms with E-state index in [-0.39, 0.29) is 42.2 Å². The van der Waals surface area contributed by atoms with E-state index >= 15 is 0 Å². The van der Waals surface area contributed by atoms with Gasteiger partial charge in [0.25, 0.3) is 0 Å². The highest BCUT2D eigenvalue weighted by molar-refractivity contribution is 14.0. The highest BCUT2D eigenvalue weighted by atomic mass is 127. The van der Waals surface area contributed by atoms with Gasteiger partial charge in [-0.1, -0.05) is 13.0 Å². The molecule has 0 aliphatic rings. The number of rotatable bonds is 5. The number of hydrogen-bond donors (Lipinski definition) is 3. The quantitative estimate of drug-likeness (QED) is 0.407. The molecule has 0 saturated heterocycles. The van der Waals surface area contributed by atoms with Crippen LogP contribution in [0.15, 0.2) is 29.3 Å². The molecule has 1 amide bonds. The maximum absolute atomic E-state index is 12.9. The zero-order chi connectivity index (χ0) is 14.1. The lowest BCUT2D eigenvalue weighted by Gasteiger charge is -2.11. The van der Waals surface area contributed by atoms with E-state index in [1.807, 2.05) is 6.92 Å². The summed E-state index contributed by atoms with van der Waals surface area (Å²) in [7, 11) is 1.63. The fraction of sp³-hybridized carbons (Fsp3) is 0.385. The summed E-state index contributed by atoms with van der Waals surface area (Å²) in [5, 5.41) is 8.51. The average Bonchev–Trinajstić information content (AvgIpc) is 2.39.